The van der Waals surface area contributed by atoms with Gasteiger partial charge in [-0.2, -0.15) is 0 Å². The van der Waals surface area contributed by atoms with Crippen molar-refractivity contribution >= 4 is 35.6 Å². The molecule has 194 valence electrons. The maximum absolute atomic E-state index is 12.7. The molecule has 4 amide bonds. The zero-order chi connectivity index (χ0) is 26.3. The highest BCUT2D eigenvalue weighted by Gasteiger charge is 2.28. The smallest absolute Gasteiger partial charge is 0.326 e. The van der Waals surface area contributed by atoms with E-state index in [0.29, 0.717) is 25.8 Å². The van der Waals surface area contributed by atoms with E-state index in [0.717, 1.165) is 0 Å². The van der Waals surface area contributed by atoms with Crippen LogP contribution in [0.3, 0.4) is 0 Å². The first-order chi connectivity index (χ1) is 15.9. The van der Waals surface area contributed by atoms with Gasteiger partial charge >= 0.3 is 5.97 Å². The fraction of sp³-hybridized carbons (Fsp3) is 0.684. The number of unbranched alkanes of at least 4 members (excludes halogenated alkanes) is 1. The van der Waals surface area contributed by atoms with Crippen molar-refractivity contribution in [3.8, 4) is 0 Å². The lowest BCUT2D eigenvalue weighted by molar-refractivity contribution is -0.142. The molecule has 0 aromatic carbocycles. The molecule has 0 aromatic rings. The molecule has 4 unspecified atom stereocenters. The Morgan fingerprint density at radius 3 is 1.97 bits per heavy atom. The number of primary amides is 1. The third-order valence-electron chi connectivity index (χ3n) is 4.65. The number of carbonyl (C=O) groups is 5. The van der Waals surface area contributed by atoms with Gasteiger partial charge in [0.05, 0.1) is 12.5 Å². The Labute approximate surface area is 197 Å². The van der Waals surface area contributed by atoms with E-state index in [1.165, 1.54) is 6.92 Å². The van der Waals surface area contributed by atoms with E-state index in [2.05, 4.69) is 20.9 Å². The molecule has 0 aromatic heterocycles. The third kappa shape index (κ3) is 13.2. The van der Waals surface area contributed by atoms with Crippen LogP contribution in [0.25, 0.3) is 0 Å². The first-order valence-corrected chi connectivity index (χ1v) is 10.8. The van der Waals surface area contributed by atoms with E-state index in [1.807, 2.05) is 0 Å². The predicted molar refractivity (Wildman–Crippen MR) is 124 cm³/mol. The van der Waals surface area contributed by atoms with Gasteiger partial charge in [-0.3, -0.25) is 24.2 Å². The van der Waals surface area contributed by atoms with Crippen LogP contribution in [0.1, 0.15) is 45.4 Å². The van der Waals surface area contributed by atoms with Gasteiger partial charge in [0.1, 0.15) is 18.1 Å². The van der Waals surface area contributed by atoms with Crippen LogP contribution in [-0.4, -0.2) is 77.9 Å². The minimum absolute atomic E-state index is 0.0635. The van der Waals surface area contributed by atoms with Crippen LogP contribution in [-0.2, 0) is 24.0 Å². The maximum atomic E-state index is 12.7. The summed E-state index contributed by atoms with van der Waals surface area (Å²) < 4.78 is 0. The Kier molecular flexibility index (Phi) is 14.6. The van der Waals surface area contributed by atoms with Gasteiger partial charge in [-0.1, -0.05) is 0 Å². The van der Waals surface area contributed by atoms with Crippen molar-refractivity contribution in [2.75, 3.05) is 13.1 Å². The zero-order valence-electron chi connectivity index (χ0n) is 19.3. The number of carbonyl (C=O) groups excluding carboxylic acids is 4. The summed E-state index contributed by atoms with van der Waals surface area (Å²) in [4.78, 5) is 63.5. The van der Waals surface area contributed by atoms with Crippen molar-refractivity contribution in [3.63, 3.8) is 0 Å². The summed E-state index contributed by atoms with van der Waals surface area (Å²) in [5.41, 5.74) is 26.5. The number of nitrogens with zero attached hydrogens (tertiary/aromatic N) is 1. The summed E-state index contributed by atoms with van der Waals surface area (Å²) in [7, 11) is 0. The Balaban J connectivity index is 5.05. The molecule has 15 nitrogen and oxygen atoms in total. The molecule has 0 heterocycles. The average molecular weight is 488 g/mol. The second-order valence-electron chi connectivity index (χ2n) is 7.70. The van der Waals surface area contributed by atoms with Gasteiger partial charge in [0.2, 0.25) is 23.6 Å². The number of aliphatic carboxylic acids is 1. The van der Waals surface area contributed by atoms with Crippen LogP contribution in [0, 0.1) is 0 Å². The molecule has 0 bridgehead atoms. The molecule has 0 aliphatic carbocycles. The first-order valence-electron chi connectivity index (χ1n) is 10.8. The molecule has 14 N–H and O–H groups in total. The van der Waals surface area contributed by atoms with Gasteiger partial charge in [-0.15, -0.1) is 0 Å². The number of rotatable bonds is 17. The van der Waals surface area contributed by atoms with Gasteiger partial charge < -0.3 is 49.7 Å². The summed E-state index contributed by atoms with van der Waals surface area (Å²) >= 11 is 0. The van der Waals surface area contributed by atoms with Crippen LogP contribution < -0.4 is 44.6 Å². The van der Waals surface area contributed by atoms with Crippen molar-refractivity contribution in [1.82, 2.24) is 16.0 Å². The number of hydrogen-bond acceptors (Lipinski definition) is 8. The molecule has 0 fully saturated rings. The Hall–Kier alpha value is -3.46. The predicted octanol–water partition coefficient (Wildman–Crippen LogP) is -4.07. The summed E-state index contributed by atoms with van der Waals surface area (Å²) in [5, 5.41) is 16.6. The summed E-state index contributed by atoms with van der Waals surface area (Å²) in [6.07, 6.45) is 1.25. The summed E-state index contributed by atoms with van der Waals surface area (Å²) in [6, 6.07) is -4.62. The van der Waals surface area contributed by atoms with Gasteiger partial charge in [-0.25, -0.2) is 4.79 Å². The largest absolute Gasteiger partial charge is 0.480 e. The molecule has 0 aliphatic heterocycles. The fourth-order valence-corrected chi connectivity index (χ4v) is 2.79. The number of amides is 4. The highest BCUT2D eigenvalue weighted by molar-refractivity contribution is 5.94. The minimum atomic E-state index is -1.26. The molecule has 15 heteroatoms. The fourth-order valence-electron chi connectivity index (χ4n) is 2.79. The van der Waals surface area contributed by atoms with Crippen molar-refractivity contribution in [3.05, 3.63) is 0 Å². The number of aliphatic imine (C=N–C) groups is 1. The normalized spacial score (nSPS) is 14.1. The quantitative estimate of drug-likeness (QED) is 0.0543. The molecule has 0 rings (SSSR count). The SMILES string of the molecule is CC(NC(=O)C(CCCCN)NC(=O)C(N)CC(N)=O)C(=O)NC(CCCN=C(N)N)C(=O)O. The van der Waals surface area contributed by atoms with Crippen LogP contribution >= 0.6 is 0 Å². The number of nitrogens with one attached hydrogen (secondary N) is 3. The number of guanidine groups is 1. The van der Waals surface area contributed by atoms with Crippen molar-refractivity contribution in [2.24, 2.45) is 33.7 Å². The van der Waals surface area contributed by atoms with E-state index in [4.69, 9.17) is 28.7 Å². The van der Waals surface area contributed by atoms with E-state index in [9.17, 15) is 29.1 Å². The first kappa shape index (κ1) is 30.5. The Bertz CT molecular complexity index is 742. The van der Waals surface area contributed by atoms with Crippen LogP contribution in [0.5, 0.6) is 0 Å². The highest BCUT2D eigenvalue weighted by atomic mass is 16.4. The maximum Gasteiger partial charge on any atom is 0.326 e. The molecule has 0 saturated heterocycles. The molecule has 4 atom stereocenters. The van der Waals surface area contributed by atoms with Crippen molar-refractivity contribution in [2.45, 2.75) is 69.6 Å². The molecule has 34 heavy (non-hydrogen) atoms. The van der Waals surface area contributed by atoms with Crippen LogP contribution in [0.15, 0.2) is 4.99 Å². The van der Waals surface area contributed by atoms with E-state index in [1.54, 1.807) is 0 Å². The van der Waals surface area contributed by atoms with Gasteiger partial charge in [-0.05, 0) is 45.6 Å². The second-order valence-corrected chi connectivity index (χ2v) is 7.70. The van der Waals surface area contributed by atoms with Crippen molar-refractivity contribution < 1.29 is 29.1 Å². The lowest BCUT2D eigenvalue weighted by Gasteiger charge is -2.23. The Morgan fingerprint density at radius 1 is 0.853 bits per heavy atom. The molecule has 0 radical (unpaired) electrons. The second kappa shape index (κ2) is 16.2. The number of nitrogens with two attached hydrogens (primary N) is 5. The number of hydrogen-bond donors (Lipinski definition) is 9. The Morgan fingerprint density at radius 2 is 1.44 bits per heavy atom. The lowest BCUT2D eigenvalue weighted by atomic mass is 10.1. The number of carboxylic acids is 1. The molecular weight excluding hydrogens is 450 g/mol. The monoisotopic (exact) mass is 487 g/mol. The average Bonchev–Trinajstić information content (AvgIpc) is 2.73. The van der Waals surface area contributed by atoms with Gasteiger partial charge in [0.25, 0.3) is 0 Å². The molecule has 0 saturated carbocycles. The van der Waals surface area contributed by atoms with E-state index < -0.39 is 60.2 Å². The minimum Gasteiger partial charge on any atom is -0.480 e. The molecular formula is C19H37N9O6. The van der Waals surface area contributed by atoms with E-state index >= 15 is 0 Å². The summed E-state index contributed by atoms with van der Waals surface area (Å²) in [5.74, 6) is -4.33. The topological polar surface area (TPSA) is 284 Å². The highest BCUT2D eigenvalue weighted by Crippen LogP contribution is 2.04. The van der Waals surface area contributed by atoms with Crippen LogP contribution in [0.4, 0.5) is 0 Å². The standard InChI is InChI=1S/C19H37N9O6/c1-10(15(30)28-13(18(33)34)6-4-8-25-19(23)24)26-17(32)12(5-2-3-7-20)27-16(31)11(21)9-14(22)29/h10-13H,2-9,20-21H2,1H3,(H2,22,29)(H,26,32)(H,27,31)(H,28,30)(H,33,34)(H4,23,24,25). The number of carboxylic acid groups (broad SMARTS) is 1. The van der Waals surface area contributed by atoms with Crippen molar-refractivity contribution in [1.29, 1.82) is 0 Å². The van der Waals surface area contributed by atoms with E-state index in [-0.39, 0.29) is 25.3 Å². The molecule has 0 spiro atoms. The summed E-state index contributed by atoms with van der Waals surface area (Å²) in [6.45, 7) is 1.93. The van der Waals surface area contributed by atoms with Gasteiger partial charge in [0, 0.05) is 6.54 Å². The van der Waals surface area contributed by atoms with Gasteiger partial charge in [0.15, 0.2) is 5.96 Å². The lowest BCUT2D eigenvalue weighted by Crippen LogP contribution is -2.56. The zero-order valence-corrected chi connectivity index (χ0v) is 19.3. The molecule has 0 aliphatic rings. The van der Waals surface area contributed by atoms with Crippen LogP contribution in [0.2, 0.25) is 0 Å². The third-order valence-corrected chi connectivity index (χ3v) is 4.65.